The van der Waals surface area contributed by atoms with E-state index in [4.69, 9.17) is 14.2 Å². The Morgan fingerprint density at radius 1 is 0.526 bits per heavy atom. The number of nitrogens with zero attached hydrogens (tertiary/aromatic N) is 1. The molecule has 57 heavy (non-hydrogen) atoms. The van der Waals surface area contributed by atoms with Gasteiger partial charge in [-0.15, -0.1) is 0 Å². The van der Waals surface area contributed by atoms with Crippen molar-refractivity contribution in [1.82, 2.24) is 0 Å². The van der Waals surface area contributed by atoms with Gasteiger partial charge >= 0.3 is 17.9 Å². The highest BCUT2D eigenvalue weighted by Gasteiger charge is 2.31. The van der Waals surface area contributed by atoms with Crippen molar-refractivity contribution in [2.24, 2.45) is 0 Å². The molecule has 0 aromatic rings. The minimum atomic E-state index is -0.877. The van der Waals surface area contributed by atoms with E-state index in [0.717, 1.165) is 83.5 Å². The van der Waals surface area contributed by atoms with E-state index in [0.29, 0.717) is 19.3 Å². The highest BCUT2D eigenvalue weighted by Crippen LogP contribution is 2.15. The van der Waals surface area contributed by atoms with Crippen LogP contribution < -0.4 is 0 Å². The third-order valence-corrected chi connectivity index (χ3v) is 10.2. The predicted molar refractivity (Wildman–Crippen MR) is 238 cm³/mol. The summed E-state index contributed by atoms with van der Waals surface area (Å²) in [4.78, 5) is 37.0. The van der Waals surface area contributed by atoms with Gasteiger partial charge in [0, 0.05) is 19.3 Å². The highest BCUT2D eigenvalue weighted by molar-refractivity contribution is 5.72. The maximum absolute atomic E-state index is 12.7. The van der Waals surface area contributed by atoms with Gasteiger partial charge in [-0.1, -0.05) is 159 Å². The molecule has 0 aliphatic carbocycles. The van der Waals surface area contributed by atoms with Crippen LogP contribution in [-0.2, 0) is 28.6 Å². The van der Waals surface area contributed by atoms with Crippen LogP contribution in [0.5, 0.6) is 0 Å². The van der Waals surface area contributed by atoms with Crippen molar-refractivity contribution < 1.29 is 38.2 Å². The predicted octanol–water partition coefficient (Wildman–Crippen LogP) is 12.8. The summed E-state index contributed by atoms with van der Waals surface area (Å²) < 4.78 is 17.3. The van der Waals surface area contributed by atoms with Gasteiger partial charge in [0.15, 0.2) is 12.1 Å². The molecular weight excluding hydrogens is 715 g/mol. The fourth-order valence-electron chi connectivity index (χ4n) is 6.70. The van der Waals surface area contributed by atoms with Crippen LogP contribution in [0.2, 0.25) is 0 Å². The molecule has 0 aliphatic rings. The first-order chi connectivity index (χ1) is 27.6. The van der Waals surface area contributed by atoms with Crippen molar-refractivity contribution in [1.29, 1.82) is 0 Å². The number of carbonyl (C=O) groups is 3. The summed E-state index contributed by atoms with van der Waals surface area (Å²) in [6.45, 7) is 4.52. The Morgan fingerprint density at radius 3 is 1.35 bits per heavy atom. The molecule has 0 saturated carbocycles. The number of hydrogen-bond acceptors (Lipinski definition) is 6. The zero-order valence-corrected chi connectivity index (χ0v) is 37.5. The molecule has 2 unspecified atom stereocenters. The number of aliphatic carboxylic acids is 1. The number of ether oxygens (including phenoxy) is 3. The Kier molecular flexibility index (Phi) is 38.2. The topological polar surface area (TPSA) is 99.1 Å². The molecule has 1 N–H and O–H groups in total. The van der Waals surface area contributed by atoms with E-state index in [-0.39, 0.29) is 36.2 Å². The number of likely N-dealkylation sites (N-methyl/N-ethyl adjacent to an activating group) is 1. The molecule has 0 fully saturated rings. The molecule has 0 saturated heterocycles. The third-order valence-electron chi connectivity index (χ3n) is 10.2. The molecule has 0 radical (unpaired) electrons. The molecule has 0 aromatic heterocycles. The Balaban J connectivity index is 4.24. The van der Waals surface area contributed by atoms with Crippen molar-refractivity contribution in [2.45, 2.75) is 206 Å². The Labute approximate surface area is 350 Å². The van der Waals surface area contributed by atoms with Gasteiger partial charge in [0.25, 0.3) is 0 Å². The number of allylic oxidation sites excluding steroid dienone is 8. The maximum Gasteiger partial charge on any atom is 0.362 e. The monoisotopic (exact) mass is 803 g/mol. The lowest BCUT2D eigenvalue weighted by Crippen LogP contribution is -2.50. The summed E-state index contributed by atoms with van der Waals surface area (Å²) in [6.07, 6.45) is 47.3. The quantitative estimate of drug-likeness (QED) is 0.0284. The summed E-state index contributed by atoms with van der Waals surface area (Å²) in [5, 5.41) is 9.62. The van der Waals surface area contributed by atoms with E-state index in [9.17, 15) is 19.5 Å². The first-order valence-corrected chi connectivity index (χ1v) is 23.2. The van der Waals surface area contributed by atoms with E-state index in [2.05, 4.69) is 62.5 Å². The van der Waals surface area contributed by atoms with Crippen LogP contribution in [0.15, 0.2) is 48.6 Å². The third kappa shape index (κ3) is 38.6. The number of rotatable bonds is 41. The highest BCUT2D eigenvalue weighted by atomic mass is 16.6. The minimum absolute atomic E-state index is 0.0568. The molecular formula is C49H88NO7+. The van der Waals surface area contributed by atoms with Gasteiger partial charge < -0.3 is 23.8 Å². The number of hydrogen-bond donors (Lipinski definition) is 1. The lowest BCUT2D eigenvalue weighted by molar-refractivity contribution is -0.887. The zero-order chi connectivity index (χ0) is 42.1. The van der Waals surface area contributed by atoms with Gasteiger partial charge in [-0.05, 0) is 64.2 Å². The number of carboxylic acids is 1. The molecule has 0 bridgehead atoms. The number of quaternary nitrogens is 1. The Hall–Kier alpha value is -2.71. The average Bonchev–Trinajstić information content (AvgIpc) is 3.17. The zero-order valence-electron chi connectivity index (χ0n) is 37.5. The van der Waals surface area contributed by atoms with E-state index in [1.54, 1.807) is 0 Å². The van der Waals surface area contributed by atoms with E-state index < -0.39 is 18.1 Å². The van der Waals surface area contributed by atoms with Crippen LogP contribution in [-0.4, -0.2) is 80.6 Å². The van der Waals surface area contributed by atoms with Gasteiger partial charge in [-0.2, -0.15) is 0 Å². The van der Waals surface area contributed by atoms with Crippen LogP contribution in [0.25, 0.3) is 0 Å². The number of esters is 2. The smallest absolute Gasteiger partial charge is 0.362 e. The molecule has 0 amide bonds. The molecule has 2 atom stereocenters. The van der Waals surface area contributed by atoms with Gasteiger partial charge in [-0.25, -0.2) is 4.79 Å². The van der Waals surface area contributed by atoms with Crippen molar-refractivity contribution in [3.63, 3.8) is 0 Å². The first kappa shape index (κ1) is 54.3. The molecule has 8 heteroatoms. The number of carbonyl (C=O) groups excluding carboxylic acids is 2. The largest absolute Gasteiger partial charge is 0.477 e. The summed E-state index contributed by atoms with van der Waals surface area (Å²) in [5.74, 6) is -1.48. The summed E-state index contributed by atoms with van der Waals surface area (Å²) in [6, 6.07) is -0.616. The summed E-state index contributed by atoms with van der Waals surface area (Å²) >= 11 is 0. The summed E-state index contributed by atoms with van der Waals surface area (Å²) in [7, 11) is 5.52. The normalized spacial score (nSPS) is 13.4. The number of carboxylic acid groups (broad SMARTS) is 1. The van der Waals surface area contributed by atoms with Crippen LogP contribution in [0.4, 0.5) is 0 Å². The second kappa shape index (κ2) is 40.1. The van der Waals surface area contributed by atoms with Gasteiger partial charge in [0.05, 0.1) is 34.4 Å². The Morgan fingerprint density at radius 2 is 0.930 bits per heavy atom. The maximum atomic E-state index is 12.7. The second-order valence-electron chi connectivity index (χ2n) is 16.6. The van der Waals surface area contributed by atoms with Crippen LogP contribution in [0.1, 0.15) is 194 Å². The standard InChI is InChI=1S/C49H87NO7/c1-6-8-10-12-14-16-18-20-21-22-23-24-25-26-27-28-30-32-34-36-38-40-48(52)57-45(43-55-42-41-46(49(53)54)50(3,4)5)44-56-47(51)39-37-35-33-31-29-19-17-15-13-11-9-7-2/h8-11,14-17,45-46H,6-7,12-13,18-44H2,1-5H3/p+1/b10-8+,11-9+,16-14+,17-15+. The van der Waals surface area contributed by atoms with Gasteiger partial charge in [-0.3, -0.25) is 9.59 Å². The molecule has 8 nitrogen and oxygen atoms in total. The van der Waals surface area contributed by atoms with Crippen molar-refractivity contribution >= 4 is 17.9 Å². The van der Waals surface area contributed by atoms with Crippen LogP contribution in [0, 0.1) is 0 Å². The van der Waals surface area contributed by atoms with Crippen molar-refractivity contribution in [3.05, 3.63) is 48.6 Å². The average molecular weight is 803 g/mol. The van der Waals surface area contributed by atoms with Gasteiger partial charge in [0.2, 0.25) is 0 Å². The second-order valence-corrected chi connectivity index (χ2v) is 16.6. The molecule has 0 spiro atoms. The molecule has 0 heterocycles. The van der Waals surface area contributed by atoms with E-state index in [1.807, 2.05) is 21.1 Å². The minimum Gasteiger partial charge on any atom is -0.477 e. The van der Waals surface area contributed by atoms with Crippen molar-refractivity contribution in [2.75, 3.05) is 41.0 Å². The fraction of sp³-hybridized carbons (Fsp3) is 0.776. The van der Waals surface area contributed by atoms with E-state index >= 15 is 0 Å². The Bertz CT molecular complexity index is 1070. The van der Waals surface area contributed by atoms with Crippen molar-refractivity contribution in [3.8, 4) is 0 Å². The van der Waals surface area contributed by atoms with Crippen LogP contribution >= 0.6 is 0 Å². The number of unbranched alkanes of at least 4 members (excludes halogenated alkanes) is 19. The van der Waals surface area contributed by atoms with Crippen LogP contribution in [0.3, 0.4) is 0 Å². The molecule has 330 valence electrons. The summed E-state index contributed by atoms with van der Waals surface area (Å²) in [5.41, 5.74) is 0. The first-order valence-electron chi connectivity index (χ1n) is 23.2. The lowest BCUT2D eigenvalue weighted by Gasteiger charge is -2.31. The fourth-order valence-corrected chi connectivity index (χ4v) is 6.70. The SMILES string of the molecule is CC/C=C/C/C=C/CCCCCCCCCCCCCCCCC(=O)OC(COCCC(C(=O)O)[N+](C)(C)C)COC(=O)CCCCCCC/C=C/C/C=C/CC. The molecule has 0 aliphatic heterocycles. The molecule has 0 rings (SSSR count). The van der Waals surface area contributed by atoms with Gasteiger partial charge in [0.1, 0.15) is 6.61 Å². The van der Waals surface area contributed by atoms with E-state index in [1.165, 1.54) is 77.0 Å². The molecule has 0 aromatic carbocycles. The lowest BCUT2D eigenvalue weighted by atomic mass is 10.0.